The van der Waals surface area contributed by atoms with Gasteiger partial charge in [0.25, 0.3) is 5.91 Å². The molecule has 1 saturated heterocycles. The van der Waals surface area contributed by atoms with Crippen LogP contribution in [0.3, 0.4) is 0 Å². The Morgan fingerprint density at radius 3 is 2.89 bits per heavy atom. The van der Waals surface area contributed by atoms with Crippen molar-refractivity contribution in [2.45, 2.75) is 19.4 Å². The van der Waals surface area contributed by atoms with E-state index in [1.165, 1.54) is 4.90 Å². The first-order valence-electron chi connectivity index (χ1n) is 5.83. The van der Waals surface area contributed by atoms with Gasteiger partial charge in [-0.05, 0) is 25.1 Å². The minimum absolute atomic E-state index is 0.131. The summed E-state index contributed by atoms with van der Waals surface area (Å²) in [5.74, 6) is 2.23. The van der Waals surface area contributed by atoms with Crippen molar-refractivity contribution in [3.8, 4) is 12.3 Å². The molecule has 1 N–H and O–H groups in total. The predicted molar refractivity (Wildman–Crippen MR) is 68.8 cm³/mol. The van der Waals surface area contributed by atoms with Gasteiger partial charge in [0, 0.05) is 17.8 Å². The number of anilines is 1. The molecule has 0 aromatic heterocycles. The van der Waals surface area contributed by atoms with Crippen molar-refractivity contribution in [1.82, 2.24) is 4.90 Å². The zero-order valence-electron chi connectivity index (χ0n) is 10.1. The summed E-state index contributed by atoms with van der Waals surface area (Å²) >= 11 is 0. The monoisotopic (exact) mass is 242 g/mol. The Balaban J connectivity index is 2.13. The summed E-state index contributed by atoms with van der Waals surface area (Å²) in [4.78, 5) is 24.7. The number of likely N-dealkylation sites (N-methyl/N-ethyl adjacent to an activating group) is 1. The molecule has 1 aliphatic rings. The van der Waals surface area contributed by atoms with E-state index in [9.17, 15) is 9.59 Å². The molecule has 1 atom stereocenters. The molecule has 18 heavy (non-hydrogen) atoms. The predicted octanol–water partition coefficient (Wildman–Crippen LogP) is 1.23. The average molecular weight is 242 g/mol. The van der Waals surface area contributed by atoms with Crippen LogP contribution in [0, 0.1) is 12.3 Å². The first-order valence-corrected chi connectivity index (χ1v) is 5.83. The minimum Gasteiger partial charge on any atom is -0.373 e. The fourth-order valence-electron chi connectivity index (χ4n) is 2.03. The number of carbonyl (C=O) groups excluding carboxylic acids is 2. The van der Waals surface area contributed by atoms with Gasteiger partial charge in [0.05, 0.1) is 6.42 Å². The molecule has 1 aliphatic heterocycles. The molecule has 0 aliphatic carbocycles. The SMILES string of the molecule is C#Cc1cccc(NC2CC(=O)N(CC)C2=O)c1. The third-order valence-electron chi connectivity index (χ3n) is 2.93. The molecule has 1 aromatic rings. The van der Waals surface area contributed by atoms with Crippen molar-refractivity contribution in [3.63, 3.8) is 0 Å². The highest BCUT2D eigenvalue weighted by molar-refractivity contribution is 6.06. The molecular weight excluding hydrogens is 228 g/mol. The van der Waals surface area contributed by atoms with Crippen molar-refractivity contribution in [1.29, 1.82) is 0 Å². The lowest BCUT2D eigenvalue weighted by Gasteiger charge is -2.14. The number of amides is 2. The topological polar surface area (TPSA) is 49.4 Å². The quantitative estimate of drug-likeness (QED) is 0.640. The Morgan fingerprint density at radius 2 is 2.28 bits per heavy atom. The molecule has 1 heterocycles. The lowest BCUT2D eigenvalue weighted by molar-refractivity contribution is -0.138. The summed E-state index contributed by atoms with van der Waals surface area (Å²) in [6.07, 6.45) is 5.51. The van der Waals surface area contributed by atoms with E-state index in [0.29, 0.717) is 6.54 Å². The smallest absolute Gasteiger partial charge is 0.252 e. The van der Waals surface area contributed by atoms with Crippen LogP contribution in [-0.4, -0.2) is 29.3 Å². The Morgan fingerprint density at radius 1 is 1.50 bits per heavy atom. The molecule has 1 aromatic carbocycles. The second-order valence-corrected chi connectivity index (χ2v) is 4.10. The van der Waals surface area contributed by atoms with Crippen LogP contribution >= 0.6 is 0 Å². The molecule has 4 nitrogen and oxygen atoms in total. The third-order valence-corrected chi connectivity index (χ3v) is 2.93. The summed E-state index contributed by atoms with van der Waals surface area (Å²) in [6, 6.07) is 6.76. The van der Waals surface area contributed by atoms with Gasteiger partial charge in [0.15, 0.2) is 0 Å². The number of nitrogens with zero attached hydrogens (tertiary/aromatic N) is 1. The number of terminal acetylenes is 1. The van der Waals surface area contributed by atoms with Gasteiger partial charge in [-0.15, -0.1) is 6.42 Å². The average Bonchev–Trinajstić information content (AvgIpc) is 2.64. The van der Waals surface area contributed by atoms with Gasteiger partial charge in [0.1, 0.15) is 6.04 Å². The second-order valence-electron chi connectivity index (χ2n) is 4.10. The van der Waals surface area contributed by atoms with Crippen LogP contribution < -0.4 is 5.32 Å². The highest BCUT2D eigenvalue weighted by Gasteiger charge is 2.37. The number of imide groups is 1. The van der Waals surface area contributed by atoms with Gasteiger partial charge in [-0.2, -0.15) is 0 Å². The van der Waals surface area contributed by atoms with E-state index in [-0.39, 0.29) is 18.2 Å². The van der Waals surface area contributed by atoms with Crippen molar-refractivity contribution in [2.75, 3.05) is 11.9 Å². The van der Waals surface area contributed by atoms with E-state index < -0.39 is 6.04 Å². The van der Waals surface area contributed by atoms with Crippen LogP contribution in [0.4, 0.5) is 5.69 Å². The van der Waals surface area contributed by atoms with Crippen molar-refractivity contribution < 1.29 is 9.59 Å². The fraction of sp³-hybridized carbons (Fsp3) is 0.286. The van der Waals surface area contributed by atoms with Crippen molar-refractivity contribution >= 4 is 17.5 Å². The van der Waals surface area contributed by atoms with Crippen LogP contribution in [0.2, 0.25) is 0 Å². The molecule has 2 amide bonds. The minimum atomic E-state index is -0.481. The molecule has 0 radical (unpaired) electrons. The Hall–Kier alpha value is -2.28. The lowest BCUT2D eigenvalue weighted by Crippen LogP contribution is -2.34. The molecule has 4 heteroatoms. The summed E-state index contributed by atoms with van der Waals surface area (Å²) < 4.78 is 0. The first kappa shape index (κ1) is 12.2. The Bertz CT molecular complexity index is 531. The van der Waals surface area contributed by atoms with Gasteiger partial charge in [-0.3, -0.25) is 14.5 Å². The van der Waals surface area contributed by atoms with Crippen molar-refractivity contribution in [2.24, 2.45) is 0 Å². The standard InChI is InChI=1S/C14H14N2O2/c1-3-10-6-5-7-11(8-10)15-12-9-13(17)16(4-2)14(12)18/h1,5-8,12,15H,4,9H2,2H3. The maximum Gasteiger partial charge on any atom is 0.252 e. The highest BCUT2D eigenvalue weighted by Crippen LogP contribution is 2.18. The van der Waals surface area contributed by atoms with E-state index in [2.05, 4.69) is 11.2 Å². The number of rotatable bonds is 3. The maximum absolute atomic E-state index is 11.9. The van der Waals surface area contributed by atoms with Gasteiger partial charge < -0.3 is 5.32 Å². The van der Waals surface area contributed by atoms with Gasteiger partial charge in [0.2, 0.25) is 5.91 Å². The van der Waals surface area contributed by atoms with Crippen LogP contribution in [0.25, 0.3) is 0 Å². The van der Waals surface area contributed by atoms with Crippen molar-refractivity contribution in [3.05, 3.63) is 29.8 Å². The largest absolute Gasteiger partial charge is 0.373 e. The third kappa shape index (κ3) is 2.21. The van der Waals surface area contributed by atoms with E-state index in [1.54, 1.807) is 13.0 Å². The van der Waals surface area contributed by atoms with Crippen LogP contribution in [0.1, 0.15) is 18.9 Å². The molecule has 1 unspecified atom stereocenters. The summed E-state index contributed by atoms with van der Waals surface area (Å²) in [5.41, 5.74) is 1.50. The van der Waals surface area contributed by atoms with E-state index in [4.69, 9.17) is 6.42 Å². The summed E-state index contributed by atoms with van der Waals surface area (Å²) in [6.45, 7) is 2.21. The van der Waals surface area contributed by atoms with Gasteiger partial charge >= 0.3 is 0 Å². The lowest BCUT2D eigenvalue weighted by atomic mass is 10.2. The molecule has 92 valence electrons. The molecule has 0 bridgehead atoms. The molecule has 1 fully saturated rings. The fourth-order valence-corrected chi connectivity index (χ4v) is 2.03. The highest BCUT2D eigenvalue weighted by atomic mass is 16.2. The normalized spacial score (nSPS) is 18.9. The Labute approximate surface area is 106 Å². The van der Waals surface area contributed by atoms with Crippen LogP contribution in [0.15, 0.2) is 24.3 Å². The zero-order valence-corrected chi connectivity index (χ0v) is 10.1. The molecule has 0 spiro atoms. The molecule has 2 rings (SSSR count). The Kier molecular flexibility index (Phi) is 3.33. The van der Waals surface area contributed by atoms with Gasteiger partial charge in [-0.25, -0.2) is 0 Å². The number of benzene rings is 1. The number of hydrogen-bond acceptors (Lipinski definition) is 3. The van der Waals surface area contributed by atoms with Crippen LogP contribution in [0.5, 0.6) is 0 Å². The van der Waals surface area contributed by atoms with E-state index in [0.717, 1.165) is 11.3 Å². The molecule has 0 saturated carbocycles. The number of hydrogen-bond donors (Lipinski definition) is 1. The van der Waals surface area contributed by atoms with E-state index in [1.807, 2.05) is 18.2 Å². The maximum atomic E-state index is 11.9. The summed E-state index contributed by atoms with van der Waals surface area (Å²) in [5, 5.41) is 3.05. The number of likely N-dealkylation sites (tertiary alicyclic amines) is 1. The van der Waals surface area contributed by atoms with E-state index >= 15 is 0 Å². The molecular formula is C14H14N2O2. The second kappa shape index (κ2) is 4.92. The number of carbonyl (C=O) groups is 2. The van der Waals surface area contributed by atoms with Gasteiger partial charge in [-0.1, -0.05) is 12.0 Å². The van der Waals surface area contributed by atoms with Crippen LogP contribution in [-0.2, 0) is 9.59 Å². The summed E-state index contributed by atoms with van der Waals surface area (Å²) in [7, 11) is 0. The first-order chi connectivity index (χ1) is 8.65. The zero-order chi connectivity index (χ0) is 13.1. The number of nitrogens with one attached hydrogen (secondary N) is 1.